The second-order valence-corrected chi connectivity index (χ2v) is 10.1. The Labute approximate surface area is 209 Å². The third-order valence-corrected chi connectivity index (χ3v) is 7.47. The van der Waals surface area contributed by atoms with E-state index in [2.05, 4.69) is 10.2 Å². The van der Waals surface area contributed by atoms with Gasteiger partial charge in [-0.1, -0.05) is 60.3 Å². The molecule has 6 nitrogen and oxygen atoms in total. The van der Waals surface area contributed by atoms with E-state index in [1.165, 1.54) is 0 Å². The number of amides is 2. The molecule has 2 heterocycles. The molecule has 2 aliphatic heterocycles. The summed E-state index contributed by atoms with van der Waals surface area (Å²) in [5.74, 6) is 0.818. The zero-order valence-corrected chi connectivity index (χ0v) is 20.9. The van der Waals surface area contributed by atoms with Crippen LogP contribution in [0.3, 0.4) is 0 Å². The first-order valence-electron chi connectivity index (χ1n) is 11.7. The van der Waals surface area contributed by atoms with Crippen LogP contribution in [0.5, 0.6) is 0 Å². The summed E-state index contributed by atoms with van der Waals surface area (Å²) in [6.07, 6.45) is 1.03. The quantitative estimate of drug-likeness (QED) is 0.546. The van der Waals surface area contributed by atoms with Gasteiger partial charge >= 0.3 is 0 Å². The Morgan fingerprint density at radius 1 is 1.06 bits per heavy atom. The molecule has 2 amide bonds. The fraction of sp³-hybridized carbons (Fsp3) is 0.250. The number of benzene rings is 3. The maximum atomic E-state index is 13.2. The number of anilines is 1. The summed E-state index contributed by atoms with van der Waals surface area (Å²) in [5.41, 5.74) is 3.72. The van der Waals surface area contributed by atoms with Crippen LogP contribution in [0.25, 0.3) is 10.8 Å². The van der Waals surface area contributed by atoms with Crippen molar-refractivity contribution >= 4 is 45.2 Å². The minimum absolute atomic E-state index is 0.0453. The van der Waals surface area contributed by atoms with Crippen LogP contribution in [0.1, 0.15) is 35.3 Å². The molecule has 0 saturated carbocycles. The number of aliphatic imine (C=N–C) groups is 1. The lowest BCUT2D eigenvalue weighted by molar-refractivity contribution is -0.125. The van der Waals surface area contributed by atoms with E-state index in [4.69, 9.17) is 4.99 Å². The van der Waals surface area contributed by atoms with Crippen LogP contribution in [0.4, 0.5) is 5.69 Å². The first kappa shape index (κ1) is 23.2. The number of fused-ring (bicyclic) bond motifs is 2. The molecule has 7 heteroatoms. The van der Waals surface area contributed by atoms with Crippen molar-refractivity contribution in [3.05, 3.63) is 89.1 Å². The molecule has 0 aliphatic carbocycles. The molecule has 1 saturated heterocycles. The molecule has 3 aromatic rings. The smallest absolute Gasteiger partial charge is 0.256 e. The van der Waals surface area contributed by atoms with Gasteiger partial charge in [-0.3, -0.25) is 9.59 Å². The maximum Gasteiger partial charge on any atom is 0.256 e. The number of likely N-dealkylation sites (N-methyl/N-ethyl adjacent to an activating group) is 1. The summed E-state index contributed by atoms with van der Waals surface area (Å²) in [5, 5.41) is 5.98. The lowest BCUT2D eigenvalue weighted by Gasteiger charge is -2.41. The van der Waals surface area contributed by atoms with Crippen molar-refractivity contribution in [3.63, 3.8) is 0 Å². The van der Waals surface area contributed by atoms with Crippen LogP contribution >= 0.6 is 11.8 Å². The highest BCUT2D eigenvalue weighted by Crippen LogP contribution is 2.40. The minimum Gasteiger partial charge on any atom is -0.345 e. The summed E-state index contributed by atoms with van der Waals surface area (Å²) in [6, 6.07) is 21.2. The topological polar surface area (TPSA) is 65.0 Å². The Morgan fingerprint density at radius 2 is 1.83 bits per heavy atom. The fourth-order valence-corrected chi connectivity index (χ4v) is 5.76. The number of nitrogens with one attached hydrogen (secondary N) is 1. The van der Waals surface area contributed by atoms with Gasteiger partial charge in [-0.15, -0.1) is 0 Å². The third-order valence-electron chi connectivity index (χ3n) is 6.39. The summed E-state index contributed by atoms with van der Waals surface area (Å²) >= 11 is 1.73. The highest BCUT2D eigenvalue weighted by molar-refractivity contribution is 8.13. The number of amidine groups is 1. The average Bonchev–Trinajstić information content (AvgIpc) is 2.87. The van der Waals surface area contributed by atoms with Crippen molar-refractivity contribution in [3.8, 4) is 0 Å². The molecule has 1 atom stereocenters. The molecule has 5 rings (SSSR count). The number of carbonyl (C=O) groups excluding carboxylic acids is 2. The van der Waals surface area contributed by atoms with Gasteiger partial charge in [0.25, 0.3) is 11.8 Å². The van der Waals surface area contributed by atoms with Crippen LogP contribution < -0.4 is 5.32 Å². The largest absolute Gasteiger partial charge is 0.345 e. The molecular weight excluding hydrogens is 456 g/mol. The molecule has 35 heavy (non-hydrogen) atoms. The number of carbonyl (C=O) groups is 2. The van der Waals surface area contributed by atoms with Gasteiger partial charge in [-0.2, -0.15) is 0 Å². The van der Waals surface area contributed by atoms with Gasteiger partial charge < -0.3 is 15.1 Å². The Bertz CT molecular complexity index is 1370. The zero-order chi connectivity index (χ0) is 24.5. The lowest BCUT2D eigenvalue weighted by atomic mass is 9.93. The molecule has 0 bridgehead atoms. The second kappa shape index (κ2) is 9.58. The molecule has 2 aliphatic rings. The summed E-state index contributed by atoms with van der Waals surface area (Å²) in [4.78, 5) is 35.1. The predicted octanol–water partition coefficient (Wildman–Crippen LogP) is 5.30. The number of hydrogen-bond acceptors (Lipinski definition) is 5. The Hall–Kier alpha value is -3.58. The van der Waals surface area contributed by atoms with Crippen LogP contribution in [0.15, 0.2) is 83.0 Å². The van der Waals surface area contributed by atoms with Crippen molar-refractivity contribution in [2.75, 3.05) is 31.7 Å². The van der Waals surface area contributed by atoms with Gasteiger partial charge in [0, 0.05) is 37.6 Å². The number of nitrogens with zero attached hydrogens (tertiary/aromatic N) is 3. The van der Waals surface area contributed by atoms with E-state index in [-0.39, 0.29) is 17.9 Å². The van der Waals surface area contributed by atoms with Gasteiger partial charge in [0.05, 0.1) is 17.3 Å². The standard InChI is InChI=1S/C28H28N4O2S/c1-18-24(27(34)31(2)3)25(32-15-8-16-35-28(32)29-18)20-11-6-12-21(17-20)30-26(33)23-14-7-10-19-9-4-5-13-22(19)23/h4-7,9-14,17,25H,8,15-16H2,1-3H3,(H,30,33). The molecular formula is C28H28N4O2S. The van der Waals surface area contributed by atoms with Crippen molar-refractivity contribution in [2.45, 2.75) is 19.4 Å². The second-order valence-electron chi connectivity index (χ2n) is 9.00. The number of allylic oxidation sites excluding steroid dienone is 1. The SMILES string of the molecule is CC1=C(C(=O)N(C)C)C(c2cccc(NC(=O)c3cccc4ccccc34)c2)N2CCCSC2=N1. The van der Waals surface area contributed by atoms with Gasteiger partial charge in [-0.05, 0) is 47.9 Å². The highest BCUT2D eigenvalue weighted by atomic mass is 32.2. The predicted molar refractivity (Wildman–Crippen MR) is 144 cm³/mol. The summed E-state index contributed by atoms with van der Waals surface area (Å²) < 4.78 is 0. The normalized spacial score (nSPS) is 17.6. The summed E-state index contributed by atoms with van der Waals surface area (Å²) in [7, 11) is 3.54. The monoisotopic (exact) mass is 484 g/mol. The Kier molecular flexibility index (Phi) is 6.34. The zero-order valence-electron chi connectivity index (χ0n) is 20.1. The molecule has 0 radical (unpaired) electrons. The van der Waals surface area contributed by atoms with E-state index >= 15 is 0 Å². The van der Waals surface area contributed by atoms with Crippen molar-refractivity contribution in [1.82, 2.24) is 9.80 Å². The van der Waals surface area contributed by atoms with Crippen molar-refractivity contribution in [1.29, 1.82) is 0 Å². The van der Waals surface area contributed by atoms with E-state index in [1.54, 1.807) is 30.8 Å². The van der Waals surface area contributed by atoms with Crippen molar-refractivity contribution < 1.29 is 9.59 Å². The number of thioether (sulfide) groups is 1. The Morgan fingerprint density at radius 3 is 2.66 bits per heavy atom. The van der Waals surface area contributed by atoms with Gasteiger partial charge in [-0.25, -0.2) is 4.99 Å². The summed E-state index contributed by atoms with van der Waals surface area (Å²) in [6.45, 7) is 2.75. The van der Waals surface area contributed by atoms with E-state index in [0.717, 1.165) is 45.9 Å². The van der Waals surface area contributed by atoms with E-state index in [1.807, 2.05) is 73.7 Å². The molecule has 1 N–H and O–H groups in total. The van der Waals surface area contributed by atoms with Crippen LogP contribution in [-0.2, 0) is 4.79 Å². The highest BCUT2D eigenvalue weighted by Gasteiger charge is 2.37. The molecule has 0 spiro atoms. The van der Waals surface area contributed by atoms with Gasteiger partial charge in [0.15, 0.2) is 5.17 Å². The van der Waals surface area contributed by atoms with E-state index in [0.29, 0.717) is 16.8 Å². The van der Waals surface area contributed by atoms with E-state index < -0.39 is 0 Å². The Balaban J connectivity index is 1.51. The molecule has 1 unspecified atom stereocenters. The van der Waals surface area contributed by atoms with E-state index in [9.17, 15) is 9.59 Å². The lowest BCUT2D eigenvalue weighted by Crippen LogP contribution is -2.43. The minimum atomic E-state index is -0.250. The number of hydrogen-bond donors (Lipinski definition) is 1. The van der Waals surface area contributed by atoms with Gasteiger partial charge in [0.2, 0.25) is 0 Å². The van der Waals surface area contributed by atoms with Crippen LogP contribution in [0, 0.1) is 0 Å². The van der Waals surface area contributed by atoms with Gasteiger partial charge in [0.1, 0.15) is 0 Å². The molecule has 3 aromatic carbocycles. The average molecular weight is 485 g/mol. The fourth-order valence-electron chi connectivity index (χ4n) is 4.74. The van der Waals surface area contributed by atoms with Crippen LogP contribution in [0.2, 0.25) is 0 Å². The van der Waals surface area contributed by atoms with Crippen LogP contribution in [-0.4, -0.2) is 53.2 Å². The third kappa shape index (κ3) is 4.44. The molecule has 178 valence electrons. The maximum absolute atomic E-state index is 13.2. The molecule has 1 fully saturated rings. The van der Waals surface area contributed by atoms with Crippen molar-refractivity contribution in [2.24, 2.45) is 4.99 Å². The molecule has 0 aromatic heterocycles. The number of rotatable bonds is 4. The first-order chi connectivity index (χ1) is 16.9. The first-order valence-corrected chi connectivity index (χ1v) is 12.7.